The van der Waals surface area contributed by atoms with E-state index in [9.17, 15) is 9.59 Å². The van der Waals surface area contributed by atoms with Gasteiger partial charge in [0.05, 0.1) is 17.6 Å². The third-order valence-electron chi connectivity index (χ3n) is 4.00. The Morgan fingerprint density at radius 2 is 1.92 bits per heavy atom. The quantitative estimate of drug-likeness (QED) is 0.708. The average Bonchev–Trinajstić information content (AvgIpc) is 2.60. The number of ether oxygens (including phenoxy) is 1. The molecule has 132 valence electrons. The fourth-order valence-corrected chi connectivity index (χ4v) is 2.96. The molecule has 1 aromatic carbocycles. The summed E-state index contributed by atoms with van der Waals surface area (Å²) in [5, 5.41) is 2.62. The van der Waals surface area contributed by atoms with Crippen molar-refractivity contribution in [2.45, 2.75) is 12.8 Å². The monoisotopic (exact) mass is 397 g/mol. The number of para-hydroxylation sites is 1. The summed E-state index contributed by atoms with van der Waals surface area (Å²) >= 11 is 3.43. The average molecular weight is 398 g/mol. The number of nitrogens with one attached hydrogen (secondary N) is 1. The Morgan fingerprint density at radius 3 is 2.58 bits per heavy atom. The zero-order valence-corrected chi connectivity index (χ0v) is 15.5. The van der Waals surface area contributed by atoms with Gasteiger partial charge in [-0.2, -0.15) is 0 Å². The first-order valence-corrected chi connectivity index (χ1v) is 8.97. The van der Waals surface area contributed by atoms with Crippen molar-refractivity contribution in [2.24, 2.45) is 0 Å². The number of nitrogens with zero attached hydrogens (tertiary/aromatic N) is 2. The Hall–Kier alpha value is -1.60. The maximum atomic E-state index is 12.2. The van der Waals surface area contributed by atoms with Gasteiger partial charge in [0.2, 0.25) is 11.8 Å². The summed E-state index contributed by atoms with van der Waals surface area (Å²) in [6, 6.07) is 7.68. The van der Waals surface area contributed by atoms with Gasteiger partial charge in [-0.1, -0.05) is 12.1 Å². The first kappa shape index (κ1) is 18.7. The van der Waals surface area contributed by atoms with Crippen LogP contribution in [-0.4, -0.2) is 68.0 Å². The van der Waals surface area contributed by atoms with Crippen LogP contribution in [0.3, 0.4) is 0 Å². The number of halogens is 1. The lowest BCUT2D eigenvalue weighted by atomic mass is 10.2. The second-order valence-corrected chi connectivity index (χ2v) is 6.57. The third-order valence-corrected chi connectivity index (χ3v) is 4.66. The van der Waals surface area contributed by atoms with Gasteiger partial charge in [0.25, 0.3) is 0 Å². The number of carbonyl (C=O) groups excluding carboxylic acids is 2. The third kappa shape index (κ3) is 5.79. The van der Waals surface area contributed by atoms with Crippen LogP contribution in [0.1, 0.15) is 12.8 Å². The van der Waals surface area contributed by atoms with Gasteiger partial charge in [0.15, 0.2) is 0 Å². The lowest BCUT2D eigenvalue weighted by Crippen LogP contribution is -2.50. The lowest BCUT2D eigenvalue weighted by Gasteiger charge is -2.34. The Bertz CT molecular complexity index is 560. The SMILES string of the molecule is CNC(=O)CN1CCN(C(=O)CCCOc2ccccc2Br)CC1. The van der Waals surface area contributed by atoms with E-state index >= 15 is 0 Å². The highest BCUT2D eigenvalue weighted by molar-refractivity contribution is 9.10. The van der Waals surface area contributed by atoms with Gasteiger partial charge in [0.1, 0.15) is 5.75 Å². The molecule has 1 saturated heterocycles. The van der Waals surface area contributed by atoms with Crippen LogP contribution in [0.25, 0.3) is 0 Å². The summed E-state index contributed by atoms with van der Waals surface area (Å²) < 4.78 is 6.60. The van der Waals surface area contributed by atoms with Crippen LogP contribution in [0.5, 0.6) is 5.75 Å². The van der Waals surface area contributed by atoms with Gasteiger partial charge < -0.3 is 15.0 Å². The molecule has 0 radical (unpaired) electrons. The Balaban J connectivity index is 1.63. The van der Waals surface area contributed by atoms with E-state index in [0.717, 1.165) is 23.3 Å². The molecule has 1 fully saturated rings. The van der Waals surface area contributed by atoms with Crippen molar-refractivity contribution in [1.29, 1.82) is 0 Å². The van der Waals surface area contributed by atoms with Crippen molar-refractivity contribution in [1.82, 2.24) is 15.1 Å². The van der Waals surface area contributed by atoms with E-state index in [1.165, 1.54) is 0 Å². The summed E-state index contributed by atoms with van der Waals surface area (Å²) in [7, 11) is 1.64. The van der Waals surface area contributed by atoms with E-state index in [0.29, 0.717) is 39.1 Å². The second-order valence-electron chi connectivity index (χ2n) is 5.71. The van der Waals surface area contributed by atoms with Gasteiger partial charge in [-0.3, -0.25) is 14.5 Å². The van der Waals surface area contributed by atoms with E-state index in [-0.39, 0.29) is 11.8 Å². The molecule has 0 saturated carbocycles. The van der Waals surface area contributed by atoms with Crippen LogP contribution < -0.4 is 10.1 Å². The molecule has 6 nitrogen and oxygen atoms in total. The molecule has 0 spiro atoms. The first-order valence-electron chi connectivity index (χ1n) is 8.18. The molecular formula is C17H24BrN3O3. The molecule has 1 aliphatic heterocycles. The standard InChI is InChI=1S/C17H24BrN3O3/c1-19-16(22)13-20-8-10-21(11-9-20)17(23)7-4-12-24-15-6-3-2-5-14(15)18/h2-3,5-6H,4,7-13H2,1H3,(H,19,22). The molecule has 0 aliphatic carbocycles. The number of hydrogen-bond donors (Lipinski definition) is 1. The zero-order chi connectivity index (χ0) is 17.4. The van der Waals surface area contributed by atoms with Crippen molar-refractivity contribution in [3.05, 3.63) is 28.7 Å². The van der Waals surface area contributed by atoms with E-state index < -0.39 is 0 Å². The topological polar surface area (TPSA) is 61.9 Å². The largest absolute Gasteiger partial charge is 0.492 e. The minimum absolute atomic E-state index is 0.0130. The molecule has 0 atom stereocenters. The van der Waals surface area contributed by atoms with Gasteiger partial charge in [-0.15, -0.1) is 0 Å². The lowest BCUT2D eigenvalue weighted by molar-refractivity contribution is -0.133. The molecule has 0 unspecified atom stereocenters. The van der Waals surface area contributed by atoms with Crippen LogP contribution in [0.15, 0.2) is 28.7 Å². The van der Waals surface area contributed by atoms with Crippen LogP contribution >= 0.6 is 15.9 Å². The van der Waals surface area contributed by atoms with Gasteiger partial charge in [0, 0.05) is 39.6 Å². The predicted molar refractivity (Wildman–Crippen MR) is 96.0 cm³/mol. The highest BCUT2D eigenvalue weighted by atomic mass is 79.9. The fraction of sp³-hybridized carbons (Fsp3) is 0.529. The van der Waals surface area contributed by atoms with Gasteiger partial charge in [-0.05, 0) is 34.5 Å². The summed E-state index contributed by atoms with van der Waals surface area (Å²) in [6.45, 7) is 3.77. The maximum absolute atomic E-state index is 12.2. The Morgan fingerprint density at radius 1 is 1.21 bits per heavy atom. The Labute approximate surface area is 151 Å². The number of rotatable bonds is 7. The molecular weight excluding hydrogens is 374 g/mol. The predicted octanol–water partition coefficient (Wildman–Crippen LogP) is 1.50. The number of benzene rings is 1. The van der Waals surface area contributed by atoms with E-state index in [2.05, 4.69) is 26.1 Å². The normalized spacial score (nSPS) is 15.2. The fourth-order valence-electron chi connectivity index (χ4n) is 2.56. The van der Waals surface area contributed by atoms with Crippen LogP contribution in [-0.2, 0) is 9.59 Å². The zero-order valence-electron chi connectivity index (χ0n) is 14.0. The summed E-state index contributed by atoms with van der Waals surface area (Å²) in [4.78, 5) is 27.5. The van der Waals surface area contributed by atoms with E-state index in [1.54, 1.807) is 7.05 Å². The number of hydrogen-bond acceptors (Lipinski definition) is 4. The molecule has 1 aromatic rings. The van der Waals surface area contributed by atoms with E-state index in [1.807, 2.05) is 29.2 Å². The smallest absolute Gasteiger partial charge is 0.233 e. The van der Waals surface area contributed by atoms with Crippen LogP contribution in [0, 0.1) is 0 Å². The molecule has 24 heavy (non-hydrogen) atoms. The van der Waals surface area contributed by atoms with Crippen LogP contribution in [0.4, 0.5) is 0 Å². The Kier molecular flexibility index (Phi) is 7.52. The highest BCUT2D eigenvalue weighted by Gasteiger charge is 2.21. The second kappa shape index (κ2) is 9.64. The summed E-state index contributed by atoms with van der Waals surface area (Å²) in [5.41, 5.74) is 0. The number of carbonyl (C=O) groups is 2. The molecule has 1 aliphatic rings. The van der Waals surface area contributed by atoms with Gasteiger partial charge in [-0.25, -0.2) is 0 Å². The van der Waals surface area contributed by atoms with Crippen molar-refractivity contribution < 1.29 is 14.3 Å². The van der Waals surface area contributed by atoms with E-state index in [4.69, 9.17) is 4.74 Å². The summed E-state index contributed by atoms with van der Waals surface area (Å²) in [5.74, 6) is 0.970. The van der Waals surface area contributed by atoms with Crippen molar-refractivity contribution >= 4 is 27.7 Å². The minimum atomic E-state index is 0.0130. The minimum Gasteiger partial charge on any atom is -0.492 e. The maximum Gasteiger partial charge on any atom is 0.233 e. The molecule has 1 N–H and O–H groups in total. The number of piperazine rings is 1. The summed E-state index contributed by atoms with van der Waals surface area (Å²) in [6.07, 6.45) is 1.18. The molecule has 0 aromatic heterocycles. The molecule has 1 heterocycles. The van der Waals surface area contributed by atoms with Crippen molar-refractivity contribution in [3.8, 4) is 5.75 Å². The molecule has 0 bridgehead atoms. The van der Waals surface area contributed by atoms with Crippen molar-refractivity contribution in [2.75, 3.05) is 46.4 Å². The number of likely N-dealkylation sites (N-methyl/N-ethyl adjacent to an activating group) is 1. The highest BCUT2D eigenvalue weighted by Crippen LogP contribution is 2.23. The van der Waals surface area contributed by atoms with Crippen molar-refractivity contribution in [3.63, 3.8) is 0 Å². The first-order chi connectivity index (χ1) is 11.6. The molecule has 7 heteroatoms. The number of amides is 2. The van der Waals surface area contributed by atoms with Gasteiger partial charge >= 0.3 is 0 Å². The molecule has 2 amide bonds. The molecule has 2 rings (SSSR count). The van der Waals surface area contributed by atoms with Crippen LogP contribution in [0.2, 0.25) is 0 Å².